The van der Waals surface area contributed by atoms with E-state index >= 15 is 0 Å². The van der Waals surface area contributed by atoms with Crippen LogP contribution in [-0.2, 0) is 6.54 Å². The summed E-state index contributed by atoms with van der Waals surface area (Å²) in [6, 6.07) is 5.54. The zero-order valence-electron chi connectivity index (χ0n) is 9.65. The summed E-state index contributed by atoms with van der Waals surface area (Å²) in [6.45, 7) is 0.316. The molecule has 1 unspecified atom stereocenters. The first kappa shape index (κ1) is 12.7. The summed E-state index contributed by atoms with van der Waals surface area (Å²) in [5.41, 5.74) is 0.538. The highest BCUT2D eigenvalue weighted by Crippen LogP contribution is 2.53. The van der Waals surface area contributed by atoms with Gasteiger partial charge in [-0.15, -0.1) is 28.3 Å². The van der Waals surface area contributed by atoms with Gasteiger partial charge in [-0.2, -0.15) is 4.68 Å². The second kappa shape index (κ2) is 4.35. The Kier molecular flexibility index (Phi) is 2.91. The maximum absolute atomic E-state index is 12.8. The van der Waals surface area contributed by atoms with E-state index in [9.17, 15) is 9.18 Å². The Morgan fingerprint density at radius 2 is 2.05 bits per heavy atom. The van der Waals surface area contributed by atoms with Gasteiger partial charge in [-0.25, -0.2) is 9.18 Å². The zero-order chi connectivity index (χ0) is 13.6. The number of nitrogens with zero attached hydrogens (tertiary/aromatic N) is 2. The Hall–Kier alpha value is -1.33. The summed E-state index contributed by atoms with van der Waals surface area (Å²) >= 11 is 11.8. The molecule has 1 aliphatic rings. The van der Waals surface area contributed by atoms with Crippen molar-refractivity contribution in [2.45, 2.75) is 17.3 Å². The number of hydrogen-bond acceptors (Lipinski definition) is 3. The lowest BCUT2D eigenvalue weighted by Gasteiger charge is -1.97. The van der Waals surface area contributed by atoms with Crippen LogP contribution in [-0.4, -0.2) is 14.1 Å². The van der Waals surface area contributed by atoms with Crippen molar-refractivity contribution in [3.63, 3.8) is 0 Å². The molecule has 0 N–H and O–H groups in total. The maximum atomic E-state index is 12.8. The number of halogens is 3. The summed E-state index contributed by atoms with van der Waals surface area (Å²) in [6.07, 6.45) is 0.626. The van der Waals surface area contributed by atoms with Crippen molar-refractivity contribution in [2.75, 3.05) is 0 Å². The molecule has 0 amide bonds. The van der Waals surface area contributed by atoms with E-state index in [1.54, 1.807) is 0 Å². The molecule has 1 atom stereocenters. The monoisotopic (exact) mass is 302 g/mol. The summed E-state index contributed by atoms with van der Waals surface area (Å²) in [7, 11) is 0. The van der Waals surface area contributed by atoms with Crippen LogP contribution in [0.15, 0.2) is 33.5 Å². The van der Waals surface area contributed by atoms with Crippen LogP contribution in [0.2, 0.25) is 0 Å². The van der Waals surface area contributed by atoms with Crippen LogP contribution < -0.4 is 5.76 Å². The quantitative estimate of drug-likeness (QED) is 0.819. The molecular formula is C12H9Cl2FN2O2. The van der Waals surface area contributed by atoms with E-state index in [1.165, 1.54) is 28.9 Å². The topological polar surface area (TPSA) is 48.0 Å². The molecule has 100 valence electrons. The van der Waals surface area contributed by atoms with Gasteiger partial charge in [0.25, 0.3) is 0 Å². The fraction of sp³-hybridized carbons (Fsp3) is 0.333. The molecule has 1 fully saturated rings. The molecule has 4 nitrogen and oxygen atoms in total. The van der Waals surface area contributed by atoms with Crippen LogP contribution in [0.3, 0.4) is 0 Å². The fourth-order valence-electron chi connectivity index (χ4n) is 1.81. The number of alkyl halides is 2. The van der Waals surface area contributed by atoms with E-state index in [0.29, 0.717) is 18.5 Å². The number of aromatic nitrogens is 2. The van der Waals surface area contributed by atoms with Gasteiger partial charge >= 0.3 is 5.76 Å². The molecule has 1 aromatic heterocycles. The summed E-state index contributed by atoms with van der Waals surface area (Å²) in [5.74, 6) is -0.784. The molecule has 2 aromatic rings. The molecule has 7 heteroatoms. The van der Waals surface area contributed by atoms with E-state index < -0.39 is 10.1 Å². The lowest BCUT2D eigenvalue weighted by atomic mass is 10.2. The minimum absolute atomic E-state index is 0.000277. The average molecular weight is 303 g/mol. The second-order valence-corrected chi connectivity index (χ2v) is 6.07. The van der Waals surface area contributed by atoms with Crippen LogP contribution in [0, 0.1) is 11.7 Å². The Bertz CT molecular complexity index is 663. The molecule has 1 aliphatic carbocycles. The van der Waals surface area contributed by atoms with Gasteiger partial charge in [0.05, 0.1) is 6.54 Å². The predicted octanol–water partition coefficient (Wildman–Crippen LogP) is 2.84. The number of rotatable bonds is 3. The molecule has 1 heterocycles. The van der Waals surface area contributed by atoms with Crippen LogP contribution in [0.5, 0.6) is 0 Å². The van der Waals surface area contributed by atoms with Crippen LogP contribution >= 0.6 is 23.2 Å². The highest BCUT2D eigenvalue weighted by atomic mass is 35.5. The van der Waals surface area contributed by atoms with Gasteiger partial charge in [-0.3, -0.25) is 0 Å². The number of hydrogen-bond donors (Lipinski definition) is 0. The van der Waals surface area contributed by atoms with Crippen LogP contribution in [0.4, 0.5) is 4.39 Å². The molecule has 1 saturated carbocycles. The third-order valence-electron chi connectivity index (χ3n) is 3.05. The SMILES string of the molecule is O=c1oc(-c2ccc(F)cc2)nn1CC1CC1(Cl)Cl. The second-order valence-electron chi connectivity index (χ2n) is 4.52. The molecule has 0 aliphatic heterocycles. The van der Waals surface area contributed by atoms with Crippen molar-refractivity contribution in [3.05, 3.63) is 40.6 Å². The molecule has 19 heavy (non-hydrogen) atoms. The van der Waals surface area contributed by atoms with E-state index in [2.05, 4.69) is 5.10 Å². The zero-order valence-corrected chi connectivity index (χ0v) is 11.2. The molecule has 1 aromatic carbocycles. The molecule has 0 saturated heterocycles. The fourth-order valence-corrected chi connectivity index (χ4v) is 2.32. The van der Waals surface area contributed by atoms with Crippen LogP contribution in [0.1, 0.15) is 6.42 Å². The minimum Gasteiger partial charge on any atom is -0.388 e. The smallest absolute Gasteiger partial charge is 0.388 e. The summed E-state index contributed by atoms with van der Waals surface area (Å²) < 4.78 is 18.3. The maximum Gasteiger partial charge on any atom is 0.437 e. The average Bonchev–Trinajstić information content (AvgIpc) is 2.77. The Balaban J connectivity index is 1.85. The molecule has 0 radical (unpaired) electrons. The van der Waals surface area contributed by atoms with Crippen molar-refractivity contribution in [1.29, 1.82) is 0 Å². The largest absolute Gasteiger partial charge is 0.437 e. The van der Waals surface area contributed by atoms with Gasteiger partial charge in [0.2, 0.25) is 5.89 Å². The van der Waals surface area contributed by atoms with Crippen molar-refractivity contribution in [1.82, 2.24) is 9.78 Å². The van der Waals surface area contributed by atoms with Crippen LogP contribution in [0.25, 0.3) is 11.5 Å². The van der Waals surface area contributed by atoms with Crippen molar-refractivity contribution in [2.24, 2.45) is 5.92 Å². The normalized spacial score (nSPS) is 20.5. The van der Waals surface area contributed by atoms with Gasteiger partial charge in [0, 0.05) is 11.5 Å². The Morgan fingerprint density at radius 3 is 2.63 bits per heavy atom. The van der Waals surface area contributed by atoms with Crippen molar-refractivity contribution >= 4 is 23.2 Å². The Labute approximate surface area is 117 Å². The van der Waals surface area contributed by atoms with E-state index in [-0.39, 0.29) is 17.6 Å². The lowest BCUT2D eigenvalue weighted by Crippen LogP contribution is -2.18. The Morgan fingerprint density at radius 1 is 1.42 bits per heavy atom. The molecule has 3 rings (SSSR count). The highest BCUT2D eigenvalue weighted by Gasteiger charge is 2.52. The summed E-state index contributed by atoms with van der Waals surface area (Å²) in [5, 5.41) is 4.05. The highest BCUT2D eigenvalue weighted by molar-refractivity contribution is 6.50. The first-order chi connectivity index (χ1) is 8.95. The first-order valence-corrected chi connectivity index (χ1v) is 6.43. The molecule has 0 spiro atoms. The van der Waals surface area contributed by atoms with Gasteiger partial charge in [0.1, 0.15) is 10.2 Å². The van der Waals surface area contributed by atoms with E-state index in [0.717, 1.165) is 0 Å². The standard InChI is InChI=1S/C12H9Cl2FN2O2/c13-12(14)5-8(12)6-17-11(18)19-10(16-17)7-1-3-9(15)4-2-7/h1-4,8H,5-6H2. The molecule has 0 bridgehead atoms. The number of benzene rings is 1. The van der Waals surface area contributed by atoms with E-state index in [4.69, 9.17) is 27.6 Å². The van der Waals surface area contributed by atoms with Crippen molar-refractivity contribution < 1.29 is 8.81 Å². The van der Waals surface area contributed by atoms with E-state index in [1.807, 2.05) is 0 Å². The third kappa shape index (κ3) is 2.53. The lowest BCUT2D eigenvalue weighted by molar-refractivity contribution is 0.465. The van der Waals surface area contributed by atoms with Gasteiger partial charge in [-0.05, 0) is 30.7 Å². The molecular weight excluding hydrogens is 294 g/mol. The van der Waals surface area contributed by atoms with Crippen molar-refractivity contribution in [3.8, 4) is 11.5 Å². The first-order valence-electron chi connectivity index (χ1n) is 5.67. The third-order valence-corrected chi connectivity index (χ3v) is 3.97. The van der Waals surface area contributed by atoms with Gasteiger partial charge < -0.3 is 4.42 Å². The predicted molar refractivity (Wildman–Crippen MR) is 68.7 cm³/mol. The minimum atomic E-state index is -0.769. The summed E-state index contributed by atoms with van der Waals surface area (Å²) in [4.78, 5) is 11.6. The van der Waals surface area contributed by atoms with Gasteiger partial charge in [-0.1, -0.05) is 0 Å². The van der Waals surface area contributed by atoms with Gasteiger partial charge in [0.15, 0.2) is 0 Å².